The molecule has 10 rings (SSSR count). The first-order chi connectivity index (χ1) is 23.4. The molecule has 0 aliphatic carbocycles. The molecule has 0 fully saturated rings. The number of imidazole rings is 4. The van der Waals surface area contributed by atoms with Gasteiger partial charge >= 0.3 is 42.1 Å². The molecule has 0 spiro atoms. The summed E-state index contributed by atoms with van der Waals surface area (Å²) in [5.74, 6) is 3.39. The maximum Gasteiger partial charge on any atom is 2.00 e. The molecule has 252 valence electrons. The number of nitrogens with zero attached hydrogens (tertiary/aromatic N) is 12. The Morgan fingerprint density at radius 2 is 0.860 bits per heavy atom. The normalized spacial score (nSPS) is 11.3. The molecule has 0 amide bonds. The van der Waals surface area contributed by atoms with Crippen LogP contribution < -0.4 is 0 Å². The van der Waals surface area contributed by atoms with E-state index >= 15 is 0 Å². The van der Waals surface area contributed by atoms with Crippen molar-refractivity contribution in [3.8, 4) is 23.5 Å². The second-order valence-corrected chi connectivity index (χ2v) is 11.9. The molecule has 0 radical (unpaired) electrons. The molecule has 0 saturated heterocycles. The zero-order chi connectivity index (χ0) is 32.5. The minimum absolute atomic E-state index is 0. The number of hydrogen-bond acceptors (Lipinski definition) is 4. The number of rotatable bonds is 4. The van der Waals surface area contributed by atoms with Crippen molar-refractivity contribution in [2.45, 2.75) is 0 Å². The molecule has 0 N–H and O–H groups in total. The zero-order valence-electron chi connectivity index (χ0n) is 27.2. The van der Waals surface area contributed by atoms with Crippen molar-refractivity contribution < 1.29 is 42.1 Å². The van der Waals surface area contributed by atoms with Crippen LogP contribution in [-0.2, 0) is 70.3 Å². The zero-order valence-corrected chi connectivity index (χ0v) is 31.8. The molecule has 8 heterocycles. The number of fused-ring (bicyclic) bond motifs is 4. The van der Waals surface area contributed by atoms with Crippen LogP contribution in [0.1, 0.15) is 0 Å². The van der Waals surface area contributed by atoms with E-state index in [0.717, 1.165) is 67.1 Å². The van der Waals surface area contributed by atoms with Gasteiger partial charge in [0.05, 0.1) is 24.6 Å². The molecule has 0 saturated carbocycles. The number of aryl methyl sites for hydroxylation is 4. The van der Waals surface area contributed by atoms with E-state index in [4.69, 9.17) is 0 Å². The number of aromatic nitrogens is 12. The third-order valence-corrected chi connectivity index (χ3v) is 8.54. The molecule has 14 heteroatoms. The Morgan fingerprint density at radius 1 is 0.500 bits per heavy atom. The van der Waals surface area contributed by atoms with E-state index < -0.39 is 0 Å². The van der Waals surface area contributed by atoms with Gasteiger partial charge in [0.1, 0.15) is 0 Å². The molecular formula is C36H28N12Pt2. The van der Waals surface area contributed by atoms with Crippen LogP contribution in [0.15, 0.2) is 98.6 Å². The molecule has 0 unspecified atom stereocenters. The van der Waals surface area contributed by atoms with Crippen molar-refractivity contribution in [3.63, 3.8) is 0 Å². The Balaban J connectivity index is 0.000000151. The first-order valence-corrected chi connectivity index (χ1v) is 15.3. The monoisotopic (exact) mass is 1020 g/mol. The van der Waals surface area contributed by atoms with Crippen LogP contribution in [0, 0.1) is 24.5 Å². The summed E-state index contributed by atoms with van der Waals surface area (Å²) in [5.41, 5.74) is 3.97. The maximum atomic E-state index is 4.44. The Morgan fingerprint density at radius 3 is 1.18 bits per heavy atom. The molecular weight excluding hydrogens is 991 g/mol. The van der Waals surface area contributed by atoms with Gasteiger partial charge in [0.2, 0.25) is 0 Å². The van der Waals surface area contributed by atoms with E-state index in [-0.39, 0.29) is 42.1 Å². The first kappa shape index (κ1) is 33.3. The summed E-state index contributed by atoms with van der Waals surface area (Å²) in [4.78, 5) is 17.5. The third kappa shape index (κ3) is 5.49. The van der Waals surface area contributed by atoms with Crippen LogP contribution in [0.2, 0.25) is 0 Å². The molecule has 0 aliphatic rings. The predicted molar refractivity (Wildman–Crippen MR) is 183 cm³/mol. The van der Waals surface area contributed by atoms with E-state index in [2.05, 4.69) is 90.0 Å². The fourth-order valence-corrected chi connectivity index (χ4v) is 6.17. The summed E-state index contributed by atoms with van der Waals surface area (Å²) in [5, 5.41) is 4.53. The van der Waals surface area contributed by atoms with Crippen molar-refractivity contribution >= 4 is 43.6 Å². The topological polar surface area (TPSA) is 91.0 Å². The van der Waals surface area contributed by atoms with Gasteiger partial charge in [0.15, 0.2) is 11.6 Å². The Kier molecular flexibility index (Phi) is 8.62. The summed E-state index contributed by atoms with van der Waals surface area (Å²) in [6, 6.07) is 19.8. The van der Waals surface area contributed by atoms with Crippen molar-refractivity contribution in [3.05, 3.63) is 123 Å². The number of hydrogen-bond donors (Lipinski definition) is 0. The van der Waals surface area contributed by atoms with Crippen LogP contribution in [-0.4, -0.2) is 56.5 Å². The quantitative estimate of drug-likeness (QED) is 0.225. The second kappa shape index (κ2) is 12.9. The molecule has 8 aromatic heterocycles. The SMILES string of the molecule is Cn1cnc(-n2ccc3cc4ccn(-c5n[c-]cn5C)c4[c-]c32)c1.Cn1cnc(-n2ccc3cc4ccn(-c5n[c-]cn5C)c4[c-]c32)c1.[Pt+2].[Pt+2]. The second-order valence-electron chi connectivity index (χ2n) is 11.9. The van der Waals surface area contributed by atoms with E-state index in [9.17, 15) is 0 Å². The molecule has 12 nitrogen and oxygen atoms in total. The molecule has 2 aromatic carbocycles. The van der Waals surface area contributed by atoms with Crippen molar-refractivity contribution in [1.82, 2.24) is 56.5 Å². The van der Waals surface area contributed by atoms with Gasteiger partial charge in [0.25, 0.3) is 0 Å². The van der Waals surface area contributed by atoms with Gasteiger partial charge in [0, 0.05) is 26.5 Å². The molecule has 0 bridgehead atoms. The smallest absolute Gasteiger partial charge is 0.421 e. The van der Waals surface area contributed by atoms with Gasteiger partial charge in [-0.15, -0.1) is 46.1 Å². The summed E-state index contributed by atoms with van der Waals surface area (Å²) < 4.78 is 15.9. The van der Waals surface area contributed by atoms with Crippen LogP contribution in [0.4, 0.5) is 0 Å². The Labute approximate surface area is 315 Å². The standard InChI is InChI=1S/2C18H14N6.2Pt/c2*1-21-11-17(20-12-21)23-6-3-13-9-14-4-7-24(16(14)10-15(13)23)18-19-5-8-22(18)2;;/h2*3-4,6-9,11-12H,1-2H3;;/q2*-2;2*+2. The first-order valence-electron chi connectivity index (χ1n) is 15.3. The molecule has 0 aliphatic heterocycles. The van der Waals surface area contributed by atoms with Crippen LogP contribution in [0.25, 0.3) is 67.1 Å². The predicted octanol–water partition coefficient (Wildman–Crippen LogP) is 5.28. The van der Waals surface area contributed by atoms with Gasteiger partial charge in [-0.1, -0.05) is 58.7 Å². The summed E-state index contributed by atoms with van der Waals surface area (Å²) in [6.45, 7) is 0. The fraction of sp³-hybridized carbons (Fsp3) is 0.111. The summed E-state index contributed by atoms with van der Waals surface area (Å²) in [6.07, 6.45) is 25.1. The van der Waals surface area contributed by atoms with Gasteiger partial charge in [-0.2, -0.15) is 12.1 Å². The average molecular weight is 1020 g/mol. The summed E-state index contributed by atoms with van der Waals surface area (Å²) in [7, 11) is 7.85. The van der Waals surface area contributed by atoms with Crippen LogP contribution in [0.3, 0.4) is 0 Å². The molecule has 0 atom stereocenters. The van der Waals surface area contributed by atoms with Crippen molar-refractivity contribution in [1.29, 1.82) is 0 Å². The third-order valence-electron chi connectivity index (χ3n) is 8.54. The number of benzene rings is 2. The minimum Gasteiger partial charge on any atom is -0.421 e. The van der Waals surface area contributed by atoms with E-state index in [1.165, 1.54) is 0 Å². The largest absolute Gasteiger partial charge is 2.00 e. The van der Waals surface area contributed by atoms with E-state index in [1.54, 1.807) is 12.7 Å². The van der Waals surface area contributed by atoms with Crippen molar-refractivity contribution in [2.24, 2.45) is 28.2 Å². The van der Waals surface area contributed by atoms with Crippen LogP contribution in [0.5, 0.6) is 0 Å². The Bertz CT molecular complexity index is 2570. The minimum atomic E-state index is 0. The van der Waals surface area contributed by atoms with Gasteiger partial charge in [-0.25, -0.2) is 9.97 Å². The molecule has 50 heavy (non-hydrogen) atoms. The maximum absolute atomic E-state index is 4.44. The van der Waals surface area contributed by atoms with Gasteiger partial charge in [-0.3, -0.25) is 0 Å². The van der Waals surface area contributed by atoms with E-state index in [1.807, 2.05) is 105 Å². The average Bonchev–Trinajstić information content (AvgIpc) is 3.91. The Hall–Kier alpha value is -5.18. The summed E-state index contributed by atoms with van der Waals surface area (Å²) >= 11 is 0. The van der Waals surface area contributed by atoms with Crippen LogP contribution >= 0.6 is 0 Å². The van der Waals surface area contributed by atoms with Gasteiger partial charge < -0.3 is 46.5 Å². The van der Waals surface area contributed by atoms with Gasteiger partial charge in [-0.05, 0) is 38.9 Å². The van der Waals surface area contributed by atoms with Crippen molar-refractivity contribution in [2.75, 3.05) is 0 Å². The molecule has 10 aromatic rings. The van der Waals surface area contributed by atoms with E-state index in [0.29, 0.717) is 0 Å². The fourth-order valence-electron chi connectivity index (χ4n) is 6.17.